The Morgan fingerprint density at radius 3 is 2.59 bits per heavy atom. The van der Waals surface area contributed by atoms with E-state index in [1.54, 1.807) is 6.92 Å². The molecule has 1 aromatic heterocycles. The van der Waals surface area contributed by atoms with Gasteiger partial charge >= 0.3 is 0 Å². The van der Waals surface area contributed by atoms with Gasteiger partial charge in [0.25, 0.3) is 0 Å². The van der Waals surface area contributed by atoms with E-state index in [1.165, 1.54) is 39.3 Å². The first-order chi connectivity index (χ1) is 15.3. The van der Waals surface area contributed by atoms with Crippen LogP contribution in [-0.4, -0.2) is 51.9 Å². The van der Waals surface area contributed by atoms with Crippen LogP contribution in [0.5, 0.6) is 0 Å². The van der Waals surface area contributed by atoms with Gasteiger partial charge in [0.05, 0.1) is 10.8 Å². The van der Waals surface area contributed by atoms with Crippen molar-refractivity contribution in [2.75, 3.05) is 18.4 Å². The fourth-order valence-electron chi connectivity index (χ4n) is 3.58. The molecule has 2 aromatic carbocycles. The molecule has 0 bridgehead atoms. The summed E-state index contributed by atoms with van der Waals surface area (Å²) in [6, 6.07) is 8.58. The zero-order valence-corrected chi connectivity index (χ0v) is 17.9. The van der Waals surface area contributed by atoms with Crippen LogP contribution in [0.25, 0.3) is 5.69 Å². The zero-order valence-electron chi connectivity index (χ0n) is 17.1. The van der Waals surface area contributed by atoms with E-state index in [0.29, 0.717) is 24.4 Å². The average molecular weight is 462 g/mol. The molecule has 3 aromatic rings. The minimum absolute atomic E-state index is 0.00823. The van der Waals surface area contributed by atoms with Crippen molar-refractivity contribution < 1.29 is 22.0 Å². The minimum Gasteiger partial charge on any atom is -0.326 e. The lowest BCUT2D eigenvalue weighted by molar-refractivity contribution is -0.120. The van der Waals surface area contributed by atoms with Gasteiger partial charge in [0.2, 0.25) is 15.9 Å². The molecule has 1 fully saturated rings. The molecule has 0 spiro atoms. The first kappa shape index (κ1) is 22.0. The Labute approximate surface area is 183 Å². The number of anilines is 1. The van der Waals surface area contributed by atoms with Gasteiger partial charge < -0.3 is 5.32 Å². The van der Waals surface area contributed by atoms with Crippen LogP contribution in [0.3, 0.4) is 0 Å². The van der Waals surface area contributed by atoms with E-state index in [-0.39, 0.29) is 29.6 Å². The predicted molar refractivity (Wildman–Crippen MR) is 110 cm³/mol. The summed E-state index contributed by atoms with van der Waals surface area (Å²) < 4.78 is 55.6. The molecule has 2 heterocycles. The quantitative estimate of drug-likeness (QED) is 0.623. The Balaban J connectivity index is 1.49. The third kappa shape index (κ3) is 4.36. The molecule has 1 aliphatic rings. The van der Waals surface area contributed by atoms with E-state index in [4.69, 9.17) is 0 Å². The molecule has 32 heavy (non-hydrogen) atoms. The Hall–Kier alpha value is -3.25. The number of rotatable bonds is 5. The molecule has 1 N–H and O–H groups in total. The van der Waals surface area contributed by atoms with Gasteiger partial charge in [-0.05, 0) is 72.7 Å². The fourth-order valence-corrected chi connectivity index (χ4v) is 5.11. The van der Waals surface area contributed by atoms with Crippen LogP contribution in [0.4, 0.5) is 14.5 Å². The molecule has 0 aliphatic carbocycles. The largest absolute Gasteiger partial charge is 0.326 e. The third-order valence-electron chi connectivity index (χ3n) is 5.27. The van der Waals surface area contributed by atoms with Crippen LogP contribution in [0.1, 0.15) is 18.7 Å². The second kappa shape index (κ2) is 8.71. The number of aryl methyl sites for hydroxylation is 1. The smallest absolute Gasteiger partial charge is 0.243 e. The number of benzene rings is 2. The summed E-state index contributed by atoms with van der Waals surface area (Å²) in [5, 5.41) is 13.7. The van der Waals surface area contributed by atoms with E-state index >= 15 is 0 Å². The highest BCUT2D eigenvalue weighted by Gasteiger charge is 2.33. The van der Waals surface area contributed by atoms with Gasteiger partial charge in [-0.25, -0.2) is 17.2 Å². The molecule has 0 radical (unpaired) electrons. The molecule has 1 saturated heterocycles. The van der Waals surface area contributed by atoms with E-state index in [9.17, 15) is 22.0 Å². The molecular weight excluding hydrogens is 442 g/mol. The van der Waals surface area contributed by atoms with Crippen LogP contribution < -0.4 is 5.32 Å². The maximum absolute atomic E-state index is 14.2. The third-order valence-corrected chi connectivity index (χ3v) is 7.15. The first-order valence-electron chi connectivity index (χ1n) is 9.87. The number of nitrogens with one attached hydrogen (secondary N) is 1. The summed E-state index contributed by atoms with van der Waals surface area (Å²) in [7, 11) is -3.85. The highest BCUT2D eigenvalue weighted by atomic mass is 32.2. The molecule has 4 rings (SSSR count). The highest BCUT2D eigenvalue weighted by molar-refractivity contribution is 7.89. The molecule has 1 unspecified atom stereocenters. The number of nitrogens with zero attached hydrogens (tertiary/aromatic N) is 5. The van der Waals surface area contributed by atoms with Gasteiger partial charge in [0.15, 0.2) is 5.82 Å². The summed E-state index contributed by atoms with van der Waals surface area (Å²) in [5.41, 5.74) is 0.411. The number of amides is 1. The van der Waals surface area contributed by atoms with Crippen molar-refractivity contribution in [2.24, 2.45) is 5.92 Å². The lowest BCUT2D eigenvalue weighted by Crippen LogP contribution is -2.43. The van der Waals surface area contributed by atoms with Crippen molar-refractivity contribution in [3.05, 3.63) is 59.9 Å². The molecule has 12 heteroatoms. The molecule has 1 amide bonds. The maximum atomic E-state index is 14.2. The van der Waals surface area contributed by atoms with Crippen molar-refractivity contribution in [1.82, 2.24) is 24.5 Å². The van der Waals surface area contributed by atoms with Crippen molar-refractivity contribution in [2.45, 2.75) is 24.7 Å². The van der Waals surface area contributed by atoms with Crippen LogP contribution in [-0.2, 0) is 14.8 Å². The number of hydrogen-bond acceptors (Lipinski definition) is 6. The number of halogens is 2. The molecule has 1 aliphatic heterocycles. The van der Waals surface area contributed by atoms with Gasteiger partial charge in [0, 0.05) is 18.8 Å². The lowest BCUT2D eigenvalue weighted by Gasteiger charge is -2.31. The number of sulfonamides is 1. The normalized spacial score (nSPS) is 17.3. The van der Waals surface area contributed by atoms with E-state index in [1.807, 2.05) is 0 Å². The van der Waals surface area contributed by atoms with Crippen LogP contribution in [0.15, 0.2) is 47.4 Å². The Bertz CT molecular complexity index is 1250. The maximum Gasteiger partial charge on any atom is 0.243 e. The molecular formula is C20H20F2N6O3S. The fraction of sp³-hybridized carbons (Fsp3) is 0.300. The van der Waals surface area contributed by atoms with Crippen molar-refractivity contribution in [1.29, 1.82) is 0 Å². The predicted octanol–water partition coefficient (Wildman–Crippen LogP) is 2.29. The van der Waals surface area contributed by atoms with Gasteiger partial charge in [-0.3, -0.25) is 4.79 Å². The monoisotopic (exact) mass is 462 g/mol. The highest BCUT2D eigenvalue weighted by Crippen LogP contribution is 2.26. The number of aromatic nitrogens is 4. The molecule has 1 atom stereocenters. The Morgan fingerprint density at radius 2 is 1.91 bits per heavy atom. The second-order valence-corrected chi connectivity index (χ2v) is 9.39. The number of piperidine rings is 1. The number of tetrazole rings is 1. The Morgan fingerprint density at radius 1 is 1.16 bits per heavy atom. The first-order valence-corrected chi connectivity index (χ1v) is 11.3. The molecule has 9 nitrogen and oxygen atoms in total. The van der Waals surface area contributed by atoms with Crippen molar-refractivity contribution >= 4 is 21.6 Å². The van der Waals surface area contributed by atoms with Crippen LogP contribution in [0.2, 0.25) is 0 Å². The topological polar surface area (TPSA) is 110 Å². The SMILES string of the molecule is Cc1nnnn1-c1cc(NC(=O)C2CCCN(S(=O)(=O)c3ccc(F)cc3)C2)ccc1F. The Kier molecular flexibility index (Phi) is 5.98. The van der Waals surface area contributed by atoms with Gasteiger partial charge in [0.1, 0.15) is 17.3 Å². The van der Waals surface area contributed by atoms with Crippen LogP contribution in [0, 0.1) is 24.5 Å². The zero-order chi connectivity index (χ0) is 22.9. The van der Waals surface area contributed by atoms with E-state index in [2.05, 4.69) is 20.8 Å². The molecule has 0 saturated carbocycles. The second-order valence-electron chi connectivity index (χ2n) is 7.45. The van der Waals surface area contributed by atoms with E-state index in [0.717, 1.165) is 12.1 Å². The number of carbonyl (C=O) groups excluding carboxylic acids is 1. The minimum atomic E-state index is -3.85. The summed E-state index contributed by atoms with van der Waals surface area (Å²) in [6.45, 7) is 1.87. The summed E-state index contributed by atoms with van der Waals surface area (Å²) >= 11 is 0. The lowest BCUT2D eigenvalue weighted by atomic mass is 9.98. The van der Waals surface area contributed by atoms with Crippen LogP contribution >= 0.6 is 0 Å². The van der Waals surface area contributed by atoms with Gasteiger partial charge in [-0.15, -0.1) is 5.10 Å². The van der Waals surface area contributed by atoms with E-state index < -0.39 is 27.6 Å². The summed E-state index contributed by atoms with van der Waals surface area (Å²) in [6.07, 6.45) is 0.998. The summed E-state index contributed by atoms with van der Waals surface area (Å²) in [4.78, 5) is 12.8. The number of hydrogen-bond donors (Lipinski definition) is 1. The van der Waals surface area contributed by atoms with Crippen molar-refractivity contribution in [3.63, 3.8) is 0 Å². The summed E-state index contributed by atoms with van der Waals surface area (Å²) in [5.74, 6) is -1.69. The van der Waals surface area contributed by atoms with Crippen molar-refractivity contribution in [3.8, 4) is 5.69 Å². The van der Waals surface area contributed by atoms with Gasteiger partial charge in [-0.2, -0.15) is 8.99 Å². The number of carbonyl (C=O) groups is 1. The standard InChI is InChI=1S/C20H20F2N6O3S/c1-13-24-25-26-28(13)19-11-16(6-9-18(19)22)23-20(29)14-3-2-10-27(12-14)32(30,31)17-7-4-15(21)5-8-17/h4-9,11,14H,2-3,10,12H2,1H3,(H,23,29). The van der Waals surface area contributed by atoms with Gasteiger partial charge in [-0.1, -0.05) is 0 Å². The average Bonchev–Trinajstić information content (AvgIpc) is 3.21. The molecule has 168 valence electrons.